The summed E-state index contributed by atoms with van der Waals surface area (Å²) in [7, 11) is 2.20. The molecule has 1 aliphatic rings. The van der Waals surface area contributed by atoms with E-state index in [9.17, 15) is 0 Å². The molecular weight excluding hydrogens is 186 g/mol. The van der Waals surface area contributed by atoms with Crippen LogP contribution in [0.2, 0.25) is 0 Å². The monoisotopic (exact) mass is 207 g/mol. The molecule has 0 spiro atoms. The number of piperazine rings is 1. The molecule has 2 heterocycles. The van der Waals surface area contributed by atoms with Crippen LogP contribution in [-0.4, -0.2) is 48.0 Å². The van der Waals surface area contributed by atoms with Gasteiger partial charge in [-0.2, -0.15) is 0 Å². The van der Waals surface area contributed by atoms with Gasteiger partial charge in [0.15, 0.2) is 0 Å². The van der Waals surface area contributed by atoms with Gasteiger partial charge in [-0.1, -0.05) is 0 Å². The van der Waals surface area contributed by atoms with Crippen LogP contribution < -0.4 is 0 Å². The van der Waals surface area contributed by atoms with Crippen LogP contribution in [0.15, 0.2) is 6.07 Å². The first-order valence-corrected chi connectivity index (χ1v) is 5.71. The van der Waals surface area contributed by atoms with Crippen molar-refractivity contribution in [1.29, 1.82) is 0 Å². The minimum absolute atomic E-state index is 1.10. The van der Waals surface area contributed by atoms with Crippen molar-refractivity contribution in [2.75, 3.05) is 33.2 Å². The van der Waals surface area contributed by atoms with Crippen LogP contribution in [0.3, 0.4) is 0 Å². The van der Waals surface area contributed by atoms with Crippen LogP contribution in [0.1, 0.15) is 17.0 Å². The number of likely N-dealkylation sites (N-methyl/N-ethyl adjacent to an activating group) is 1. The van der Waals surface area contributed by atoms with Crippen LogP contribution >= 0.6 is 0 Å². The van der Waals surface area contributed by atoms with Gasteiger partial charge in [-0.3, -0.25) is 4.90 Å². The van der Waals surface area contributed by atoms with Crippen molar-refractivity contribution >= 4 is 0 Å². The summed E-state index contributed by atoms with van der Waals surface area (Å²) < 4.78 is 0. The fourth-order valence-electron chi connectivity index (χ4n) is 2.19. The molecule has 0 aromatic carbocycles. The molecule has 0 bridgehead atoms. The van der Waals surface area contributed by atoms with E-state index in [0.29, 0.717) is 0 Å². The molecule has 15 heavy (non-hydrogen) atoms. The number of aromatic nitrogens is 1. The van der Waals surface area contributed by atoms with Crippen molar-refractivity contribution in [3.8, 4) is 0 Å². The topological polar surface area (TPSA) is 22.3 Å². The van der Waals surface area contributed by atoms with E-state index < -0.39 is 0 Å². The minimum Gasteiger partial charge on any atom is -0.362 e. The zero-order valence-corrected chi connectivity index (χ0v) is 10.0. The number of aromatic amines is 1. The van der Waals surface area contributed by atoms with Gasteiger partial charge in [0, 0.05) is 44.1 Å². The maximum absolute atomic E-state index is 3.37. The molecule has 1 aromatic heterocycles. The molecule has 1 aromatic rings. The normalized spacial score (nSPS) is 19.7. The third-order valence-electron chi connectivity index (χ3n) is 3.25. The van der Waals surface area contributed by atoms with Gasteiger partial charge in [0.1, 0.15) is 0 Å². The molecule has 84 valence electrons. The first kappa shape index (κ1) is 10.7. The average Bonchev–Trinajstić information content (AvgIpc) is 2.49. The third kappa shape index (κ3) is 2.61. The smallest absolute Gasteiger partial charge is 0.0252 e. The maximum Gasteiger partial charge on any atom is 0.0252 e. The maximum atomic E-state index is 3.37. The average molecular weight is 207 g/mol. The second-order valence-electron chi connectivity index (χ2n) is 4.68. The van der Waals surface area contributed by atoms with Crippen molar-refractivity contribution in [3.63, 3.8) is 0 Å². The Bertz CT molecular complexity index is 322. The summed E-state index contributed by atoms with van der Waals surface area (Å²) in [4.78, 5) is 8.30. The number of H-pyrrole nitrogens is 1. The molecule has 3 heteroatoms. The molecule has 1 saturated heterocycles. The highest BCUT2D eigenvalue weighted by Gasteiger charge is 2.15. The van der Waals surface area contributed by atoms with E-state index in [1.54, 1.807) is 0 Å². The molecule has 0 unspecified atom stereocenters. The highest BCUT2D eigenvalue weighted by Crippen LogP contribution is 2.13. The Kier molecular flexibility index (Phi) is 3.12. The minimum atomic E-state index is 1.10. The van der Waals surface area contributed by atoms with Crippen molar-refractivity contribution < 1.29 is 0 Å². The molecular formula is C12H21N3. The van der Waals surface area contributed by atoms with Crippen molar-refractivity contribution in [2.45, 2.75) is 20.4 Å². The van der Waals surface area contributed by atoms with E-state index in [1.165, 1.54) is 43.1 Å². The Balaban J connectivity index is 1.94. The lowest BCUT2D eigenvalue weighted by molar-refractivity contribution is 0.148. The lowest BCUT2D eigenvalue weighted by Gasteiger charge is -2.32. The zero-order chi connectivity index (χ0) is 10.8. The number of aryl methyl sites for hydroxylation is 2. The van der Waals surface area contributed by atoms with Gasteiger partial charge < -0.3 is 9.88 Å². The predicted molar refractivity (Wildman–Crippen MR) is 63.0 cm³/mol. The van der Waals surface area contributed by atoms with Crippen LogP contribution in [0, 0.1) is 13.8 Å². The van der Waals surface area contributed by atoms with Crippen LogP contribution in [0.25, 0.3) is 0 Å². The van der Waals surface area contributed by atoms with Crippen molar-refractivity contribution in [2.24, 2.45) is 0 Å². The molecule has 0 aliphatic carbocycles. The van der Waals surface area contributed by atoms with E-state index in [2.05, 4.69) is 41.7 Å². The summed E-state index contributed by atoms with van der Waals surface area (Å²) in [6.07, 6.45) is 0. The zero-order valence-electron chi connectivity index (χ0n) is 10.0. The van der Waals surface area contributed by atoms with Gasteiger partial charge in [-0.25, -0.2) is 0 Å². The Morgan fingerprint density at radius 1 is 1.20 bits per heavy atom. The first-order valence-electron chi connectivity index (χ1n) is 5.71. The fourth-order valence-corrected chi connectivity index (χ4v) is 2.19. The molecule has 1 fully saturated rings. The lowest BCUT2D eigenvalue weighted by atomic mass is 10.2. The van der Waals surface area contributed by atoms with Gasteiger partial charge in [0.2, 0.25) is 0 Å². The Labute approximate surface area is 92.1 Å². The molecule has 0 saturated carbocycles. The van der Waals surface area contributed by atoms with Crippen LogP contribution in [0.5, 0.6) is 0 Å². The second-order valence-corrected chi connectivity index (χ2v) is 4.68. The number of hydrogen-bond acceptors (Lipinski definition) is 2. The molecule has 0 atom stereocenters. The highest BCUT2D eigenvalue weighted by molar-refractivity contribution is 5.24. The molecule has 3 nitrogen and oxygen atoms in total. The Morgan fingerprint density at radius 3 is 2.40 bits per heavy atom. The summed E-state index contributed by atoms with van der Waals surface area (Å²) in [6, 6.07) is 2.27. The number of rotatable bonds is 2. The van der Waals surface area contributed by atoms with E-state index in [-0.39, 0.29) is 0 Å². The Hall–Kier alpha value is -0.800. The Morgan fingerprint density at radius 2 is 1.87 bits per heavy atom. The van der Waals surface area contributed by atoms with Gasteiger partial charge in [-0.05, 0) is 32.5 Å². The van der Waals surface area contributed by atoms with Crippen molar-refractivity contribution in [3.05, 3.63) is 23.0 Å². The summed E-state index contributed by atoms with van der Waals surface area (Å²) in [5, 5.41) is 0. The predicted octanol–water partition coefficient (Wildman–Crippen LogP) is 1.38. The van der Waals surface area contributed by atoms with Gasteiger partial charge in [-0.15, -0.1) is 0 Å². The quantitative estimate of drug-likeness (QED) is 0.791. The molecule has 1 aliphatic heterocycles. The molecule has 1 N–H and O–H groups in total. The third-order valence-corrected chi connectivity index (χ3v) is 3.25. The van der Waals surface area contributed by atoms with E-state index in [0.717, 1.165) is 6.54 Å². The number of nitrogens with one attached hydrogen (secondary N) is 1. The van der Waals surface area contributed by atoms with Gasteiger partial charge in [0.25, 0.3) is 0 Å². The largest absolute Gasteiger partial charge is 0.362 e. The summed E-state index contributed by atoms with van der Waals surface area (Å²) in [6.45, 7) is 10.2. The van der Waals surface area contributed by atoms with E-state index >= 15 is 0 Å². The summed E-state index contributed by atoms with van der Waals surface area (Å²) in [5.74, 6) is 0. The lowest BCUT2D eigenvalue weighted by Crippen LogP contribution is -2.43. The van der Waals surface area contributed by atoms with Gasteiger partial charge in [0.05, 0.1) is 0 Å². The molecule has 0 amide bonds. The highest BCUT2D eigenvalue weighted by atomic mass is 15.2. The molecule has 0 radical (unpaired) electrons. The standard InChI is InChI=1S/C12H21N3/c1-10-8-12(11(2)13-10)9-15-6-4-14(3)5-7-15/h8,13H,4-7,9H2,1-3H3. The summed E-state index contributed by atoms with van der Waals surface area (Å²) in [5.41, 5.74) is 4.06. The van der Waals surface area contributed by atoms with E-state index in [4.69, 9.17) is 0 Å². The number of nitrogens with zero attached hydrogens (tertiary/aromatic N) is 2. The van der Waals surface area contributed by atoms with E-state index in [1.807, 2.05) is 0 Å². The second kappa shape index (κ2) is 4.37. The SMILES string of the molecule is Cc1cc(CN2CCN(C)CC2)c(C)[nH]1. The van der Waals surface area contributed by atoms with Crippen molar-refractivity contribution in [1.82, 2.24) is 14.8 Å². The fraction of sp³-hybridized carbons (Fsp3) is 0.667. The summed E-state index contributed by atoms with van der Waals surface area (Å²) >= 11 is 0. The molecule has 2 rings (SSSR count). The van der Waals surface area contributed by atoms with Crippen LogP contribution in [-0.2, 0) is 6.54 Å². The van der Waals surface area contributed by atoms with Crippen LogP contribution in [0.4, 0.5) is 0 Å². The van der Waals surface area contributed by atoms with Gasteiger partial charge >= 0.3 is 0 Å². The number of hydrogen-bond donors (Lipinski definition) is 1. The first-order chi connectivity index (χ1) is 7.15.